The fraction of sp³-hybridized carbons (Fsp3) is 0.120. The van der Waals surface area contributed by atoms with Gasteiger partial charge >= 0.3 is 0 Å². The van der Waals surface area contributed by atoms with E-state index in [1.807, 2.05) is 36.4 Å². The molecule has 3 aromatic carbocycles. The first-order valence-electron chi connectivity index (χ1n) is 10.5. The number of hydrogen-bond acceptors (Lipinski definition) is 5. The number of aromatic nitrogens is 1. The molecule has 0 atom stereocenters. The van der Waals surface area contributed by atoms with E-state index in [1.54, 1.807) is 37.3 Å². The first-order valence-corrected chi connectivity index (χ1v) is 12.3. The zero-order chi connectivity index (χ0) is 24.1. The van der Waals surface area contributed by atoms with Crippen molar-refractivity contribution in [2.75, 3.05) is 4.31 Å². The van der Waals surface area contributed by atoms with Crippen LogP contribution >= 0.6 is 11.6 Å². The van der Waals surface area contributed by atoms with Crippen LogP contribution in [0.1, 0.15) is 27.4 Å². The lowest BCUT2D eigenvalue weighted by Gasteiger charge is -2.25. The third-order valence-corrected chi connectivity index (χ3v) is 7.34. The van der Waals surface area contributed by atoms with Gasteiger partial charge in [0.2, 0.25) is 0 Å². The maximum absolute atomic E-state index is 13.8. The highest BCUT2D eigenvalue weighted by Gasteiger charge is 2.28. The van der Waals surface area contributed by atoms with Crippen LogP contribution in [0.2, 0.25) is 5.02 Å². The van der Waals surface area contributed by atoms with E-state index in [2.05, 4.69) is 10.5 Å². The summed E-state index contributed by atoms with van der Waals surface area (Å²) in [4.78, 5) is 12.6. The second-order valence-electron chi connectivity index (χ2n) is 7.59. The number of anilines is 1. The molecule has 4 aromatic rings. The van der Waals surface area contributed by atoms with Crippen LogP contribution in [0.3, 0.4) is 0 Å². The number of rotatable bonds is 8. The molecule has 0 unspecified atom stereocenters. The third kappa shape index (κ3) is 5.30. The van der Waals surface area contributed by atoms with E-state index in [1.165, 1.54) is 22.5 Å². The quantitative estimate of drug-likeness (QED) is 0.373. The highest BCUT2D eigenvalue weighted by Crippen LogP contribution is 2.30. The minimum absolute atomic E-state index is 0.0256. The number of para-hydroxylation sites is 1. The predicted octanol–water partition coefficient (Wildman–Crippen LogP) is 4.96. The molecule has 1 N–H and O–H groups in total. The molecule has 4 rings (SSSR count). The maximum Gasteiger partial charge on any atom is 0.266 e. The molecule has 0 spiro atoms. The van der Waals surface area contributed by atoms with Crippen molar-refractivity contribution in [1.82, 2.24) is 10.5 Å². The summed E-state index contributed by atoms with van der Waals surface area (Å²) in [5.41, 5.74) is 2.02. The van der Waals surface area contributed by atoms with Crippen LogP contribution in [-0.2, 0) is 23.1 Å². The molecule has 0 aliphatic heterocycles. The lowest BCUT2D eigenvalue weighted by atomic mass is 10.2. The molecule has 0 radical (unpaired) electrons. The lowest BCUT2D eigenvalue weighted by molar-refractivity contribution is 0.0950. The number of nitrogens with one attached hydrogen (secondary N) is 1. The molecule has 0 saturated heterocycles. The summed E-state index contributed by atoms with van der Waals surface area (Å²) in [5.74, 6) is 0.173. The average molecular weight is 496 g/mol. The summed E-state index contributed by atoms with van der Waals surface area (Å²) in [6, 6.07) is 23.9. The highest BCUT2D eigenvalue weighted by atomic mass is 35.5. The fourth-order valence-corrected chi connectivity index (χ4v) is 5.35. The summed E-state index contributed by atoms with van der Waals surface area (Å²) in [5, 5.41) is 6.58. The van der Waals surface area contributed by atoms with Gasteiger partial charge in [0.15, 0.2) is 0 Å². The van der Waals surface area contributed by atoms with Crippen LogP contribution < -0.4 is 9.62 Å². The van der Waals surface area contributed by atoms with Crippen molar-refractivity contribution in [3.05, 3.63) is 113 Å². The summed E-state index contributed by atoms with van der Waals surface area (Å²) in [6.07, 6.45) is 0. The zero-order valence-electron chi connectivity index (χ0n) is 18.3. The number of aryl methyl sites for hydroxylation is 1. The van der Waals surface area contributed by atoms with Crippen LogP contribution in [0.15, 0.2) is 94.3 Å². The van der Waals surface area contributed by atoms with Crippen molar-refractivity contribution in [2.45, 2.75) is 24.9 Å². The van der Waals surface area contributed by atoms with E-state index in [-0.39, 0.29) is 28.6 Å². The van der Waals surface area contributed by atoms with Gasteiger partial charge in [0.25, 0.3) is 15.9 Å². The molecule has 0 aliphatic carbocycles. The minimum atomic E-state index is -4.11. The van der Waals surface area contributed by atoms with Crippen molar-refractivity contribution in [1.29, 1.82) is 0 Å². The minimum Gasteiger partial charge on any atom is -0.361 e. The van der Waals surface area contributed by atoms with Crippen molar-refractivity contribution in [3.63, 3.8) is 0 Å². The van der Waals surface area contributed by atoms with Crippen molar-refractivity contribution < 1.29 is 17.7 Å². The normalized spacial score (nSPS) is 11.2. The van der Waals surface area contributed by atoms with Gasteiger partial charge in [-0.3, -0.25) is 9.10 Å². The summed E-state index contributed by atoms with van der Waals surface area (Å²) < 4.78 is 33.9. The van der Waals surface area contributed by atoms with Gasteiger partial charge in [-0.1, -0.05) is 65.3 Å². The molecular formula is C25H22ClN3O4S. The van der Waals surface area contributed by atoms with E-state index in [9.17, 15) is 13.2 Å². The van der Waals surface area contributed by atoms with Crippen molar-refractivity contribution in [3.8, 4) is 0 Å². The van der Waals surface area contributed by atoms with Gasteiger partial charge in [-0.15, -0.1) is 0 Å². The zero-order valence-corrected chi connectivity index (χ0v) is 19.9. The molecule has 174 valence electrons. The Hall–Kier alpha value is -3.62. The summed E-state index contributed by atoms with van der Waals surface area (Å²) in [7, 11) is -4.11. The van der Waals surface area contributed by atoms with E-state index in [4.69, 9.17) is 16.1 Å². The van der Waals surface area contributed by atoms with Crippen LogP contribution in [0.25, 0.3) is 0 Å². The van der Waals surface area contributed by atoms with Gasteiger partial charge in [0.05, 0.1) is 23.8 Å². The number of carbonyl (C=O) groups excluding carboxylic acids is 1. The first-order chi connectivity index (χ1) is 16.3. The summed E-state index contributed by atoms with van der Waals surface area (Å²) >= 11 is 6.34. The van der Waals surface area contributed by atoms with Crippen LogP contribution in [0, 0.1) is 6.92 Å². The van der Waals surface area contributed by atoms with Gasteiger partial charge in [0, 0.05) is 11.6 Å². The van der Waals surface area contributed by atoms with Crippen molar-refractivity contribution >= 4 is 33.2 Å². The van der Waals surface area contributed by atoms with Gasteiger partial charge in [0.1, 0.15) is 16.3 Å². The number of halogens is 1. The number of sulfonamides is 1. The smallest absolute Gasteiger partial charge is 0.266 e. The van der Waals surface area contributed by atoms with Crippen LogP contribution in [0.4, 0.5) is 5.69 Å². The third-order valence-electron chi connectivity index (χ3n) is 5.08. The summed E-state index contributed by atoms with van der Waals surface area (Å²) in [6.45, 7) is 2.00. The topological polar surface area (TPSA) is 92.5 Å². The van der Waals surface area contributed by atoms with Gasteiger partial charge < -0.3 is 9.84 Å². The first kappa shape index (κ1) is 23.5. The second kappa shape index (κ2) is 10.1. The molecule has 0 fully saturated rings. The lowest BCUT2D eigenvalue weighted by Crippen LogP contribution is -2.31. The monoisotopic (exact) mass is 495 g/mol. The van der Waals surface area contributed by atoms with Crippen LogP contribution in [-0.4, -0.2) is 19.5 Å². The van der Waals surface area contributed by atoms with Crippen molar-refractivity contribution in [2.24, 2.45) is 0 Å². The SMILES string of the molecule is Cc1cc(CNC(=O)c2ccc(Cl)c(S(=O)(=O)N(Cc3ccccc3)c3ccccc3)c2)no1. The molecule has 34 heavy (non-hydrogen) atoms. The Balaban J connectivity index is 1.66. The van der Waals surface area contributed by atoms with E-state index in [0.29, 0.717) is 17.1 Å². The largest absolute Gasteiger partial charge is 0.361 e. The Morgan fingerprint density at radius 2 is 1.68 bits per heavy atom. The molecule has 0 bridgehead atoms. The number of benzene rings is 3. The molecule has 0 aliphatic rings. The Bertz CT molecular complexity index is 1390. The molecule has 7 nitrogen and oxygen atoms in total. The van der Waals surface area contributed by atoms with E-state index in [0.717, 1.165) is 5.56 Å². The Kier molecular flexibility index (Phi) is 7.00. The second-order valence-corrected chi connectivity index (χ2v) is 9.83. The van der Waals surface area contributed by atoms with Gasteiger partial charge in [-0.2, -0.15) is 0 Å². The Morgan fingerprint density at radius 3 is 2.32 bits per heavy atom. The average Bonchev–Trinajstić information content (AvgIpc) is 3.27. The number of carbonyl (C=O) groups is 1. The number of hydrogen-bond donors (Lipinski definition) is 1. The molecule has 1 heterocycles. The highest BCUT2D eigenvalue weighted by molar-refractivity contribution is 7.93. The van der Waals surface area contributed by atoms with E-state index >= 15 is 0 Å². The molecule has 9 heteroatoms. The fourth-order valence-electron chi connectivity index (χ4n) is 3.39. The van der Waals surface area contributed by atoms with Crippen LogP contribution in [0.5, 0.6) is 0 Å². The van der Waals surface area contributed by atoms with Gasteiger partial charge in [-0.25, -0.2) is 8.42 Å². The number of amides is 1. The standard InChI is InChI=1S/C25H22ClN3O4S/c1-18-14-21(28-33-18)16-27-25(30)20-12-13-23(26)24(15-20)34(31,32)29(22-10-6-3-7-11-22)17-19-8-4-2-5-9-19/h2-15H,16-17H2,1H3,(H,27,30). The predicted molar refractivity (Wildman–Crippen MR) is 130 cm³/mol. The Labute approximate surface area is 203 Å². The number of nitrogens with zero attached hydrogens (tertiary/aromatic N) is 2. The molecule has 0 saturated carbocycles. The Morgan fingerprint density at radius 1 is 1.00 bits per heavy atom. The van der Waals surface area contributed by atoms with Gasteiger partial charge in [-0.05, 0) is 42.8 Å². The van der Waals surface area contributed by atoms with E-state index < -0.39 is 15.9 Å². The molecular weight excluding hydrogens is 474 g/mol. The maximum atomic E-state index is 13.8. The molecule has 1 amide bonds. The molecule has 1 aromatic heterocycles.